The highest BCUT2D eigenvalue weighted by atomic mass is 31.3. The summed E-state index contributed by atoms with van der Waals surface area (Å²) in [7, 11) is -10.1. The van der Waals surface area contributed by atoms with E-state index in [1.54, 1.807) is 13.8 Å². The first-order chi connectivity index (χ1) is 6.35. The number of hydrogen-bond donors (Lipinski definition) is 5. The van der Waals surface area contributed by atoms with Gasteiger partial charge in [0.15, 0.2) is 0 Å². The van der Waals surface area contributed by atoms with Crippen molar-refractivity contribution >= 4 is 15.6 Å². The van der Waals surface area contributed by atoms with Crippen molar-refractivity contribution in [2.24, 2.45) is 0 Å². The Labute approximate surface area is 86.7 Å². The molecule has 0 fully saturated rings. The Morgan fingerprint density at radius 2 is 1.40 bits per heavy atom. The molecule has 1 unspecified atom stereocenters. The normalized spacial score (nSPS) is 13.8. The molecule has 0 saturated heterocycles. The van der Waals surface area contributed by atoms with Crippen LogP contribution in [0.1, 0.15) is 13.8 Å². The fourth-order valence-electron chi connectivity index (χ4n) is 0.139. The Kier molecular flexibility index (Phi) is 7.55. The van der Waals surface area contributed by atoms with E-state index in [9.17, 15) is 9.13 Å². The van der Waals surface area contributed by atoms with Crippen molar-refractivity contribution in [3.63, 3.8) is 0 Å². The van der Waals surface area contributed by atoms with Crippen molar-refractivity contribution < 1.29 is 38.1 Å². The van der Waals surface area contributed by atoms with Gasteiger partial charge in [-0.3, -0.25) is 0 Å². The van der Waals surface area contributed by atoms with E-state index in [0.717, 1.165) is 5.57 Å². The van der Waals surface area contributed by atoms with E-state index >= 15 is 0 Å². The maximum absolute atomic E-state index is 9.63. The number of phosphoric acid groups is 2. The van der Waals surface area contributed by atoms with Crippen molar-refractivity contribution in [1.29, 1.82) is 0 Å². The van der Waals surface area contributed by atoms with Gasteiger partial charge >= 0.3 is 15.6 Å². The number of hydrogen-bond acceptors (Lipinski definition) is 4. The standard InChI is InChI=1S/C5H10O.H4O7P2/c1-4(2)5(3)6;1-8(2,3)7-9(4,5)6/h5-6H,1H2,2-3H3;(H2,1,2,3)(H2,4,5,6). The van der Waals surface area contributed by atoms with Gasteiger partial charge in [-0.15, -0.1) is 0 Å². The first kappa shape index (κ1) is 17.4. The first-order valence-corrected chi connectivity index (χ1v) is 6.57. The van der Waals surface area contributed by atoms with Crippen LogP contribution in [-0.2, 0) is 13.4 Å². The third-order valence-corrected chi connectivity index (χ3v) is 2.63. The predicted molar refractivity (Wildman–Crippen MR) is 51.7 cm³/mol. The summed E-state index contributed by atoms with van der Waals surface area (Å²) < 4.78 is 22.2. The van der Waals surface area contributed by atoms with E-state index in [2.05, 4.69) is 10.9 Å². The van der Waals surface area contributed by atoms with Gasteiger partial charge in [0.25, 0.3) is 0 Å². The molecule has 92 valence electrons. The Morgan fingerprint density at radius 1 is 1.20 bits per heavy atom. The molecule has 0 aromatic rings. The zero-order valence-electron chi connectivity index (χ0n) is 8.14. The van der Waals surface area contributed by atoms with E-state index in [0.29, 0.717) is 0 Å². The van der Waals surface area contributed by atoms with E-state index in [1.807, 2.05) is 0 Å². The SMILES string of the molecule is C=C(C)C(C)O.O=P(O)(O)OP(=O)(O)O. The van der Waals surface area contributed by atoms with E-state index < -0.39 is 15.6 Å². The van der Waals surface area contributed by atoms with Crippen molar-refractivity contribution in [2.75, 3.05) is 0 Å². The van der Waals surface area contributed by atoms with Crippen LogP contribution in [0.5, 0.6) is 0 Å². The molecule has 8 nitrogen and oxygen atoms in total. The largest absolute Gasteiger partial charge is 0.478 e. The molecule has 0 aromatic heterocycles. The summed E-state index contributed by atoms with van der Waals surface area (Å²) in [6.07, 6.45) is -0.343. The van der Waals surface area contributed by atoms with Gasteiger partial charge < -0.3 is 24.7 Å². The molecule has 5 N–H and O–H groups in total. The van der Waals surface area contributed by atoms with Gasteiger partial charge in [-0.25, -0.2) is 9.13 Å². The van der Waals surface area contributed by atoms with Gasteiger partial charge in [-0.05, 0) is 13.8 Å². The zero-order chi connectivity index (χ0) is 12.9. The minimum absolute atomic E-state index is 0.343. The third kappa shape index (κ3) is 20.1. The molecule has 1 atom stereocenters. The Morgan fingerprint density at radius 3 is 1.40 bits per heavy atom. The average Bonchev–Trinajstić information content (AvgIpc) is 1.78. The van der Waals surface area contributed by atoms with E-state index in [4.69, 9.17) is 24.7 Å². The highest BCUT2D eigenvalue weighted by Gasteiger charge is 2.27. The molecule has 0 rings (SSSR count). The highest BCUT2D eigenvalue weighted by Crippen LogP contribution is 2.53. The molecule has 0 bridgehead atoms. The molecule has 10 heteroatoms. The van der Waals surface area contributed by atoms with Crippen LogP contribution in [0.15, 0.2) is 12.2 Å². The van der Waals surface area contributed by atoms with Crippen molar-refractivity contribution in [3.05, 3.63) is 12.2 Å². The molecule has 0 amide bonds. The lowest BCUT2D eigenvalue weighted by atomic mass is 10.2. The monoisotopic (exact) mass is 264 g/mol. The quantitative estimate of drug-likeness (QED) is 0.357. The number of aliphatic hydroxyl groups is 1. The van der Waals surface area contributed by atoms with Crippen LogP contribution in [0.25, 0.3) is 0 Å². The van der Waals surface area contributed by atoms with Gasteiger partial charge in [-0.1, -0.05) is 12.2 Å². The van der Waals surface area contributed by atoms with Gasteiger partial charge in [-0.2, -0.15) is 4.31 Å². The summed E-state index contributed by atoms with van der Waals surface area (Å²) >= 11 is 0. The third-order valence-electron chi connectivity index (χ3n) is 0.926. The van der Waals surface area contributed by atoms with Crippen molar-refractivity contribution in [3.8, 4) is 0 Å². The molecule has 0 aliphatic rings. The van der Waals surface area contributed by atoms with Crippen LogP contribution < -0.4 is 0 Å². The smallest absolute Gasteiger partial charge is 0.389 e. The van der Waals surface area contributed by atoms with Crippen LogP contribution in [0.3, 0.4) is 0 Å². The van der Waals surface area contributed by atoms with Gasteiger partial charge in [0.1, 0.15) is 0 Å². The van der Waals surface area contributed by atoms with E-state index in [-0.39, 0.29) is 6.10 Å². The summed E-state index contributed by atoms with van der Waals surface area (Å²) in [6, 6.07) is 0. The molecule has 0 heterocycles. The molecular formula is C5H14O8P2. The molecule has 0 aliphatic carbocycles. The summed E-state index contributed by atoms with van der Waals surface area (Å²) in [4.78, 5) is 31.0. The topological polar surface area (TPSA) is 145 Å². The van der Waals surface area contributed by atoms with Crippen LogP contribution >= 0.6 is 15.6 Å². The van der Waals surface area contributed by atoms with Crippen LogP contribution in [0.2, 0.25) is 0 Å². The first-order valence-electron chi connectivity index (χ1n) is 3.51. The molecular weight excluding hydrogens is 250 g/mol. The number of aliphatic hydroxyl groups excluding tert-OH is 1. The molecule has 0 radical (unpaired) electrons. The minimum atomic E-state index is -5.05. The zero-order valence-corrected chi connectivity index (χ0v) is 9.93. The lowest BCUT2D eigenvalue weighted by Gasteiger charge is -2.03. The van der Waals surface area contributed by atoms with Crippen LogP contribution in [0.4, 0.5) is 0 Å². The molecule has 0 aromatic carbocycles. The van der Waals surface area contributed by atoms with E-state index in [1.165, 1.54) is 0 Å². The summed E-state index contributed by atoms with van der Waals surface area (Å²) in [5.74, 6) is 0. The lowest BCUT2D eigenvalue weighted by Crippen LogP contribution is -1.97. The van der Waals surface area contributed by atoms with Gasteiger partial charge in [0.05, 0.1) is 6.10 Å². The maximum atomic E-state index is 9.63. The molecule has 15 heavy (non-hydrogen) atoms. The summed E-state index contributed by atoms with van der Waals surface area (Å²) in [5.41, 5.74) is 0.815. The van der Waals surface area contributed by atoms with Gasteiger partial charge in [0, 0.05) is 0 Å². The Hall–Kier alpha value is -0.0400. The number of rotatable bonds is 3. The van der Waals surface area contributed by atoms with Crippen molar-refractivity contribution in [2.45, 2.75) is 20.0 Å². The predicted octanol–water partition coefficient (Wildman–Crippen LogP) is 0.132. The Bertz CT molecular complexity index is 265. The summed E-state index contributed by atoms with van der Waals surface area (Å²) in [6.45, 7) is 7.00. The molecule has 0 spiro atoms. The maximum Gasteiger partial charge on any atom is 0.478 e. The molecule has 0 aliphatic heterocycles. The van der Waals surface area contributed by atoms with Gasteiger partial charge in [0.2, 0.25) is 0 Å². The van der Waals surface area contributed by atoms with Crippen LogP contribution in [0, 0.1) is 0 Å². The second kappa shape index (κ2) is 6.52. The average molecular weight is 264 g/mol. The second-order valence-corrected chi connectivity index (χ2v) is 5.20. The lowest BCUT2D eigenvalue weighted by molar-refractivity contribution is 0.225. The fraction of sp³-hybridized carbons (Fsp3) is 0.600. The molecule has 0 saturated carbocycles. The fourth-order valence-corrected chi connectivity index (χ4v) is 1.25. The highest BCUT2D eigenvalue weighted by molar-refractivity contribution is 7.60. The minimum Gasteiger partial charge on any atom is -0.389 e. The summed E-state index contributed by atoms with van der Waals surface area (Å²) in [5, 5.41) is 8.53. The second-order valence-electron chi connectivity index (χ2n) is 2.59. The van der Waals surface area contributed by atoms with Crippen molar-refractivity contribution in [1.82, 2.24) is 0 Å². The Balaban J connectivity index is 0. The van der Waals surface area contributed by atoms with Crippen LogP contribution in [-0.4, -0.2) is 30.8 Å².